The van der Waals surface area contributed by atoms with Crippen LogP contribution < -0.4 is 17.0 Å². The van der Waals surface area contributed by atoms with Crippen LogP contribution in [0.4, 0.5) is 4.79 Å². The van der Waals surface area contributed by atoms with Gasteiger partial charge >= 0.3 is 25.6 Å². The molecule has 0 unspecified atom stereocenters. The summed E-state index contributed by atoms with van der Waals surface area (Å²) < 4.78 is 5.39. The van der Waals surface area contributed by atoms with Gasteiger partial charge in [-0.05, 0) is 32.8 Å². The van der Waals surface area contributed by atoms with Gasteiger partial charge in [0.1, 0.15) is 5.60 Å². The predicted octanol–water partition coefficient (Wildman–Crippen LogP) is 0.163. The van der Waals surface area contributed by atoms with Crippen molar-refractivity contribution in [3.05, 3.63) is 41.8 Å². The molecule has 3 nitrogen and oxygen atoms in total. The molecule has 0 aliphatic carbocycles. The van der Waals surface area contributed by atoms with Gasteiger partial charge in [-0.1, -0.05) is 5.56 Å². The van der Waals surface area contributed by atoms with Crippen molar-refractivity contribution in [2.24, 2.45) is 0 Å². The van der Waals surface area contributed by atoms with E-state index in [1.807, 2.05) is 32.9 Å². The van der Waals surface area contributed by atoms with E-state index in [1.54, 1.807) is 4.90 Å². The van der Waals surface area contributed by atoms with Gasteiger partial charge in [-0.15, -0.1) is 6.07 Å². The van der Waals surface area contributed by atoms with Crippen LogP contribution in [-0.4, -0.2) is 23.1 Å². The van der Waals surface area contributed by atoms with Crippen molar-refractivity contribution >= 4 is 6.09 Å². The Morgan fingerprint density at radius 2 is 1.95 bits per heavy atom. The van der Waals surface area contributed by atoms with Crippen molar-refractivity contribution in [2.45, 2.75) is 39.3 Å². The van der Waals surface area contributed by atoms with Crippen LogP contribution in [0.1, 0.15) is 37.5 Å². The molecule has 1 heterocycles. The zero-order valence-corrected chi connectivity index (χ0v) is 17.0. The molecule has 2 rings (SSSR count). The maximum atomic E-state index is 12.0. The topological polar surface area (TPSA) is 29.5 Å². The van der Waals surface area contributed by atoms with Crippen LogP contribution in [0.2, 0.25) is 0 Å². The Hall–Kier alpha value is -0.537. The Kier molecular flexibility index (Phi) is 7.27. The molecule has 106 valence electrons. The van der Waals surface area contributed by atoms with E-state index < -0.39 is 5.60 Å². The molecule has 1 aromatic carbocycles. The van der Waals surface area contributed by atoms with E-state index in [4.69, 9.17) is 4.74 Å². The van der Waals surface area contributed by atoms with Crippen LogP contribution in [0.15, 0.2) is 18.2 Å². The van der Waals surface area contributed by atoms with Gasteiger partial charge < -0.3 is 26.6 Å². The minimum atomic E-state index is -0.436. The molecule has 0 aromatic heterocycles. The number of hydrogen-bond donors (Lipinski definition) is 0. The number of carbonyl (C=O) groups is 1. The number of benzene rings is 1. The van der Waals surface area contributed by atoms with E-state index in [0.29, 0.717) is 13.1 Å². The van der Waals surface area contributed by atoms with E-state index in [0.717, 1.165) is 12.0 Å². The molecule has 0 saturated carbocycles. The van der Waals surface area contributed by atoms with Crippen LogP contribution >= 0.6 is 0 Å². The van der Waals surface area contributed by atoms with Crippen molar-refractivity contribution in [3.8, 4) is 0 Å². The van der Waals surface area contributed by atoms with Crippen LogP contribution in [0.5, 0.6) is 0 Å². The number of rotatable bonds is 0. The minimum absolute atomic E-state index is 0. The number of fused-ring (bicyclic) bond motifs is 1. The van der Waals surface area contributed by atoms with Crippen LogP contribution in [0, 0.1) is 6.92 Å². The molecule has 0 radical (unpaired) electrons. The second-order valence-electron chi connectivity index (χ2n) is 5.75. The van der Waals surface area contributed by atoms with E-state index in [1.165, 1.54) is 11.1 Å². The van der Waals surface area contributed by atoms with E-state index in [9.17, 15) is 4.79 Å². The summed E-state index contributed by atoms with van der Waals surface area (Å²) in [4.78, 5) is 13.7. The summed E-state index contributed by atoms with van der Waals surface area (Å²) >= 11 is 0. The summed E-state index contributed by atoms with van der Waals surface area (Å²) in [5, 5.41) is 0. The number of ether oxygens (including phenoxy) is 1. The first kappa shape index (κ1) is 19.5. The van der Waals surface area contributed by atoms with Crippen LogP contribution in [0.25, 0.3) is 0 Å². The Balaban J connectivity index is 0.00000180. The maximum absolute atomic E-state index is 12.0. The van der Waals surface area contributed by atoms with E-state index in [-0.39, 0.29) is 42.6 Å². The number of nitrogens with zero attached hydrogens (tertiary/aromatic N) is 1. The van der Waals surface area contributed by atoms with Crippen molar-refractivity contribution < 1.29 is 46.0 Å². The van der Waals surface area contributed by atoms with E-state index >= 15 is 0 Å². The first-order chi connectivity index (χ1) is 8.35. The summed E-state index contributed by atoms with van der Waals surface area (Å²) in [6.45, 7) is 10.9. The number of carbonyl (C=O) groups excluding carboxylic acids is 1. The predicted molar refractivity (Wildman–Crippen MR) is 71.2 cm³/mol. The molecular formula is C15H20BrNO2Zn. The number of amides is 1. The fourth-order valence-corrected chi connectivity index (χ4v) is 2.09. The van der Waals surface area contributed by atoms with Gasteiger partial charge in [0.25, 0.3) is 0 Å². The van der Waals surface area contributed by atoms with Gasteiger partial charge in [0, 0.05) is 13.1 Å². The molecule has 1 aliphatic heterocycles. The third-order valence-electron chi connectivity index (χ3n) is 2.93. The molecule has 0 spiro atoms. The zero-order valence-electron chi connectivity index (χ0n) is 12.4. The fourth-order valence-electron chi connectivity index (χ4n) is 2.09. The first-order valence-electron chi connectivity index (χ1n) is 6.27. The van der Waals surface area contributed by atoms with Crippen LogP contribution in [-0.2, 0) is 37.2 Å². The number of hydrogen-bond acceptors (Lipinski definition) is 2. The summed E-state index contributed by atoms with van der Waals surface area (Å²) in [5.74, 6) is 0. The second-order valence-corrected chi connectivity index (χ2v) is 5.75. The monoisotopic (exact) mass is 389 g/mol. The summed E-state index contributed by atoms with van der Waals surface area (Å²) in [6.07, 6.45) is 0.643. The third-order valence-corrected chi connectivity index (χ3v) is 2.93. The Morgan fingerprint density at radius 3 is 2.55 bits per heavy atom. The summed E-state index contributed by atoms with van der Waals surface area (Å²) in [5.41, 5.74) is 3.08. The summed E-state index contributed by atoms with van der Waals surface area (Å²) in [6, 6.07) is 6.13. The van der Waals surface area contributed by atoms with Gasteiger partial charge in [0.2, 0.25) is 0 Å². The molecule has 0 atom stereocenters. The van der Waals surface area contributed by atoms with Crippen molar-refractivity contribution in [3.63, 3.8) is 0 Å². The minimum Gasteiger partial charge on any atom is -1.00 e. The quantitative estimate of drug-likeness (QED) is 0.466. The maximum Gasteiger partial charge on any atom is 2.00 e. The second kappa shape index (κ2) is 7.47. The first-order valence-corrected chi connectivity index (χ1v) is 6.27. The molecule has 20 heavy (non-hydrogen) atoms. The summed E-state index contributed by atoms with van der Waals surface area (Å²) in [7, 11) is 0. The molecule has 1 aromatic rings. The molecule has 5 heteroatoms. The Morgan fingerprint density at radius 1 is 1.30 bits per heavy atom. The Labute approximate surface area is 144 Å². The van der Waals surface area contributed by atoms with Gasteiger partial charge in [-0.25, -0.2) is 4.79 Å². The molecule has 0 fully saturated rings. The normalized spacial score (nSPS) is 13.7. The number of halogens is 1. The van der Waals surface area contributed by atoms with Gasteiger partial charge in [0.05, 0.1) is 0 Å². The van der Waals surface area contributed by atoms with Crippen molar-refractivity contribution in [2.75, 3.05) is 6.54 Å². The van der Waals surface area contributed by atoms with E-state index in [2.05, 4.69) is 13.0 Å². The van der Waals surface area contributed by atoms with Crippen LogP contribution in [0.3, 0.4) is 0 Å². The largest absolute Gasteiger partial charge is 2.00 e. The van der Waals surface area contributed by atoms with Crippen molar-refractivity contribution in [1.29, 1.82) is 0 Å². The average molecular weight is 392 g/mol. The molecule has 0 bridgehead atoms. The molecule has 0 N–H and O–H groups in total. The third kappa shape index (κ3) is 5.10. The molecule has 1 aliphatic rings. The Bertz CT molecular complexity index is 471. The van der Waals surface area contributed by atoms with Gasteiger partial charge in [-0.2, -0.15) is 24.6 Å². The standard InChI is InChI=1S/C15H20NO2.BrH.Zn/c1-11-5-6-13-10-16(8-7-12(13)9-11)14(17)18-15(2,3)4;;/h5-6,9H,1,7-8,10H2,2-4H3;1H;/q-1;;+2/p-1. The average Bonchev–Trinajstić information content (AvgIpc) is 2.26. The smallest absolute Gasteiger partial charge is 1.00 e. The van der Waals surface area contributed by atoms with Gasteiger partial charge in [0.15, 0.2) is 0 Å². The molecule has 1 amide bonds. The van der Waals surface area contributed by atoms with Crippen molar-refractivity contribution in [1.82, 2.24) is 4.90 Å². The zero-order chi connectivity index (χ0) is 13.3. The SMILES string of the molecule is [Br-].[CH2-]c1ccc2c(c1)CCN(C(=O)OC(C)(C)C)C2.[Zn+2]. The fraction of sp³-hybridized carbons (Fsp3) is 0.467. The molecule has 0 saturated heterocycles. The van der Waals surface area contributed by atoms with Gasteiger partial charge in [-0.3, -0.25) is 0 Å². The molecular weight excluding hydrogens is 371 g/mol.